The van der Waals surface area contributed by atoms with Crippen molar-refractivity contribution in [2.75, 3.05) is 18.5 Å². The number of esters is 1. The minimum atomic E-state index is -0.891. The van der Waals surface area contributed by atoms with Crippen LogP contribution in [0.3, 0.4) is 0 Å². The Morgan fingerprint density at radius 3 is 2.61 bits per heavy atom. The molecule has 1 atom stereocenters. The van der Waals surface area contributed by atoms with E-state index in [2.05, 4.69) is 10.7 Å². The van der Waals surface area contributed by atoms with Gasteiger partial charge in [-0.1, -0.05) is 29.8 Å². The summed E-state index contributed by atoms with van der Waals surface area (Å²) in [5.41, 5.74) is 4.16. The van der Waals surface area contributed by atoms with E-state index in [1.54, 1.807) is 6.07 Å². The molecular weight excluding hydrogens is 432 g/mol. The average molecular weight is 454 g/mol. The number of nitro groups is 1. The zero-order valence-corrected chi connectivity index (χ0v) is 18.0. The lowest BCUT2D eigenvalue weighted by Gasteiger charge is -2.17. The number of anilines is 1. The summed E-state index contributed by atoms with van der Waals surface area (Å²) in [4.78, 5) is 59.4. The van der Waals surface area contributed by atoms with Crippen LogP contribution in [-0.2, 0) is 19.1 Å². The van der Waals surface area contributed by atoms with Crippen LogP contribution in [0, 0.1) is 29.9 Å². The zero-order chi connectivity index (χ0) is 24.1. The van der Waals surface area contributed by atoms with Crippen molar-refractivity contribution in [3.63, 3.8) is 0 Å². The summed E-state index contributed by atoms with van der Waals surface area (Å²) in [6.45, 7) is 3.06. The van der Waals surface area contributed by atoms with Crippen LogP contribution >= 0.6 is 0 Å². The number of benzene rings is 2. The minimum absolute atomic E-state index is 0.178. The Balaban J connectivity index is 1.53. The SMILES string of the molecule is Cc1ccc(NC(=O)COC(=O)[C@H]2CC(=O)N(NC(=O)c3ccccc3[N+](=O)[O-])C2)c(C)c1. The second kappa shape index (κ2) is 9.90. The molecule has 2 aromatic rings. The highest BCUT2D eigenvalue weighted by Crippen LogP contribution is 2.21. The summed E-state index contributed by atoms with van der Waals surface area (Å²) in [5, 5.41) is 14.7. The van der Waals surface area contributed by atoms with Crippen molar-refractivity contribution in [2.45, 2.75) is 20.3 Å². The molecule has 1 aliphatic heterocycles. The monoisotopic (exact) mass is 454 g/mol. The van der Waals surface area contributed by atoms with Crippen molar-refractivity contribution in [3.05, 3.63) is 69.3 Å². The van der Waals surface area contributed by atoms with Gasteiger partial charge in [-0.05, 0) is 31.5 Å². The molecule has 0 aromatic heterocycles. The third-order valence-corrected chi connectivity index (χ3v) is 5.04. The van der Waals surface area contributed by atoms with Crippen molar-refractivity contribution in [2.24, 2.45) is 5.92 Å². The summed E-state index contributed by atoms with van der Waals surface area (Å²) < 4.78 is 5.03. The molecule has 0 radical (unpaired) electrons. The highest BCUT2D eigenvalue weighted by molar-refractivity contribution is 5.99. The van der Waals surface area contributed by atoms with Crippen molar-refractivity contribution in [3.8, 4) is 0 Å². The molecular formula is C22H22N4O7. The van der Waals surface area contributed by atoms with E-state index in [9.17, 15) is 29.3 Å². The fraction of sp³-hybridized carbons (Fsp3) is 0.273. The van der Waals surface area contributed by atoms with Crippen molar-refractivity contribution in [1.29, 1.82) is 0 Å². The van der Waals surface area contributed by atoms with Crippen LogP contribution in [0.5, 0.6) is 0 Å². The van der Waals surface area contributed by atoms with Gasteiger partial charge in [-0.2, -0.15) is 0 Å². The second-order valence-electron chi connectivity index (χ2n) is 7.59. The minimum Gasteiger partial charge on any atom is -0.455 e. The van der Waals surface area contributed by atoms with Gasteiger partial charge >= 0.3 is 5.97 Å². The lowest BCUT2D eigenvalue weighted by Crippen LogP contribution is -2.43. The largest absolute Gasteiger partial charge is 0.455 e. The first-order valence-electron chi connectivity index (χ1n) is 10.0. The number of hydrazine groups is 1. The molecule has 2 N–H and O–H groups in total. The predicted molar refractivity (Wildman–Crippen MR) is 116 cm³/mol. The molecule has 172 valence electrons. The maximum atomic E-state index is 12.4. The molecule has 0 saturated carbocycles. The molecule has 1 saturated heterocycles. The van der Waals surface area contributed by atoms with E-state index in [1.807, 2.05) is 26.0 Å². The van der Waals surface area contributed by atoms with Gasteiger partial charge in [0.2, 0.25) is 5.91 Å². The van der Waals surface area contributed by atoms with Crippen LogP contribution in [0.25, 0.3) is 0 Å². The average Bonchev–Trinajstić information content (AvgIpc) is 3.14. The Morgan fingerprint density at radius 2 is 1.91 bits per heavy atom. The van der Waals surface area contributed by atoms with Gasteiger partial charge in [-0.25, -0.2) is 0 Å². The van der Waals surface area contributed by atoms with E-state index < -0.39 is 46.8 Å². The summed E-state index contributed by atoms with van der Waals surface area (Å²) >= 11 is 0. The third kappa shape index (κ3) is 5.70. The van der Waals surface area contributed by atoms with Crippen molar-refractivity contribution >= 4 is 35.1 Å². The van der Waals surface area contributed by atoms with Crippen LogP contribution in [0.4, 0.5) is 11.4 Å². The Kier molecular flexibility index (Phi) is 7.01. The number of nitrogens with zero attached hydrogens (tertiary/aromatic N) is 2. The van der Waals surface area contributed by atoms with E-state index in [-0.39, 0.29) is 18.5 Å². The van der Waals surface area contributed by atoms with E-state index in [0.717, 1.165) is 16.1 Å². The number of carbonyl (C=O) groups excluding carboxylic acids is 4. The number of hydrogen-bond donors (Lipinski definition) is 2. The first kappa shape index (κ1) is 23.4. The lowest BCUT2D eigenvalue weighted by atomic mass is 10.1. The van der Waals surface area contributed by atoms with Crippen LogP contribution in [0.1, 0.15) is 27.9 Å². The lowest BCUT2D eigenvalue weighted by molar-refractivity contribution is -0.385. The smallest absolute Gasteiger partial charge is 0.311 e. The Morgan fingerprint density at radius 1 is 1.18 bits per heavy atom. The number of aryl methyl sites for hydroxylation is 2. The predicted octanol–water partition coefficient (Wildman–Crippen LogP) is 1.89. The third-order valence-electron chi connectivity index (χ3n) is 5.04. The molecule has 1 aliphatic rings. The van der Waals surface area contributed by atoms with Crippen molar-refractivity contribution in [1.82, 2.24) is 10.4 Å². The maximum Gasteiger partial charge on any atom is 0.311 e. The van der Waals surface area contributed by atoms with E-state index >= 15 is 0 Å². The van der Waals surface area contributed by atoms with E-state index in [0.29, 0.717) is 5.69 Å². The highest BCUT2D eigenvalue weighted by Gasteiger charge is 2.37. The highest BCUT2D eigenvalue weighted by atomic mass is 16.6. The first-order chi connectivity index (χ1) is 15.7. The molecule has 11 nitrogen and oxygen atoms in total. The number of ether oxygens (including phenoxy) is 1. The summed E-state index contributed by atoms with van der Waals surface area (Å²) in [6, 6.07) is 10.8. The van der Waals surface area contributed by atoms with Gasteiger partial charge < -0.3 is 10.1 Å². The van der Waals surface area contributed by atoms with Gasteiger partial charge in [0.15, 0.2) is 6.61 Å². The first-order valence-corrected chi connectivity index (χ1v) is 10.0. The summed E-state index contributed by atoms with van der Waals surface area (Å²) in [6.07, 6.45) is -0.227. The normalized spacial score (nSPS) is 15.2. The van der Waals surface area contributed by atoms with Crippen LogP contribution < -0.4 is 10.7 Å². The number of para-hydroxylation sites is 1. The molecule has 0 aliphatic carbocycles. The van der Waals surface area contributed by atoms with E-state index in [4.69, 9.17) is 4.74 Å². The quantitative estimate of drug-likeness (QED) is 0.369. The van der Waals surface area contributed by atoms with Gasteiger partial charge in [0.25, 0.3) is 17.5 Å². The maximum absolute atomic E-state index is 12.4. The molecule has 0 spiro atoms. The summed E-state index contributed by atoms with van der Waals surface area (Å²) in [7, 11) is 0. The fourth-order valence-electron chi connectivity index (χ4n) is 3.38. The molecule has 1 heterocycles. The van der Waals surface area contributed by atoms with Gasteiger partial charge in [0.1, 0.15) is 5.56 Å². The number of hydrogen-bond acceptors (Lipinski definition) is 7. The number of nitro benzene ring substituents is 1. The zero-order valence-electron chi connectivity index (χ0n) is 18.0. The van der Waals surface area contributed by atoms with E-state index in [1.165, 1.54) is 24.3 Å². The molecule has 2 aromatic carbocycles. The van der Waals surface area contributed by atoms with Gasteiger partial charge in [-0.3, -0.25) is 39.7 Å². The molecule has 0 bridgehead atoms. The van der Waals surface area contributed by atoms with Crippen LogP contribution in [-0.4, -0.2) is 46.8 Å². The van der Waals surface area contributed by atoms with Gasteiger partial charge in [0, 0.05) is 18.2 Å². The summed E-state index contributed by atoms with van der Waals surface area (Å²) in [5.74, 6) is -3.58. The van der Waals surface area contributed by atoms with Gasteiger partial charge in [-0.15, -0.1) is 0 Å². The van der Waals surface area contributed by atoms with Crippen molar-refractivity contribution < 1.29 is 28.8 Å². The van der Waals surface area contributed by atoms with Gasteiger partial charge in [0.05, 0.1) is 17.4 Å². The number of carbonyl (C=O) groups is 4. The van der Waals surface area contributed by atoms with Crippen LogP contribution in [0.2, 0.25) is 0 Å². The molecule has 33 heavy (non-hydrogen) atoms. The molecule has 1 fully saturated rings. The Labute approximate surface area is 188 Å². The van der Waals surface area contributed by atoms with Crippen LogP contribution in [0.15, 0.2) is 42.5 Å². The Bertz CT molecular complexity index is 1130. The molecule has 0 unspecified atom stereocenters. The fourth-order valence-corrected chi connectivity index (χ4v) is 3.38. The number of amides is 3. The number of rotatable bonds is 7. The molecule has 3 amide bonds. The molecule has 11 heteroatoms. The molecule has 3 rings (SSSR count). The topological polar surface area (TPSA) is 148 Å². The Hall–Kier alpha value is -4.28. The second-order valence-corrected chi connectivity index (χ2v) is 7.59. The number of nitrogens with one attached hydrogen (secondary N) is 2. The standard InChI is InChI=1S/C22H22N4O7/c1-13-7-8-17(14(2)9-13)23-19(27)12-33-22(30)15-10-20(28)25(11-15)24-21(29)16-5-3-4-6-18(16)26(31)32/h3-9,15H,10-12H2,1-2H3,(H,23,27)(H,24,29)/t15-/m0/s1.